The van der Waals surface area contributed by atoms with Crippen LogP contribution >= 0.6 is 23.5 Å². The molecule has 2 N–H and O–H groups in total. The van der Waals surface area contributed by atoms with Gasteiger partial charge in [0.15, 0.2) is 10.3 Å². The average Bonchev–Trinajstić information content (AvgIpc) is 2.93. The maximum absolute atomic E-state index is 13.4. The second kappa shape index (κ2) is 13.2. The number of hydrogen-bond acceptors (Lipinski definition) is 8. The fraction of sp³-hybridized carbons (Fsp3) is 0.286. The molecule has 0 aliphatic carbocycles. The second-order valence-corrected chi connectivity index (χ2v) is 11.1. The van der Waals surface area contributed by atoms with Gasteiger partial charge in [0.05, 0.1) is 26.7 Å². The van der Waals surface area contributed by atoms with Crippen molar-refractivity contribution in [1.29, 1.82) is 0 Å². The Hall–Kier alpha value is -2.92. The van der Waals surface area contributed by atoms with Crippen molar-refractivity contribution in [2.45, 2.75) is 24.6 Å². The molecule has 2 heterocycles. The van der Waals surface area contributed by atoms with Crippen LogP contribution in [0.15, 0.2) is 82.8 Å². The van der Waals surface area contributed by atoms with E-state index in [1.807, 2.05) is 12.1 Å². The van der Waals surface area contributed by atoms with Crippen LogP contribution < -0.4 is 10.6 Å². The molecule has 3 aromatic carbocycles. The Kier molecular flexibility index (Phi) is 9.29. The Morgan fingerprint density at radius 2 is 1.13 bits per heavy atom. The summed E-state index contributed by atoms with van der Waals surface area (Å²) >= 11 is 3.41. The van der Waals surface area contributed by atoms with E-state index in [-0.39, 0.29) is 11.6 Å². The molecule has 198 valence electrons. The van der Waals surface area contributed by atoms with Crippen LogP contribution in [0.25, 0.3) is 0 Å². The molecule has 6 nitrogen and oxygen atoms in total. The zero-order valence-corrected chi connectivity index (χ0v) is 22.6. The highest BCUT2D eigenvalue weighted by Gasteiger charge is 2.16. The number of thioether (sulfide) groups is 2. The first-order valence-corrected chi connectivity index (χ1v) is 14.4. The minimum absolute atomic E-state index is 0.210. The summed E-state index contributed by atoms with van der Waals surface area (Å²) in [6.45, 7) is 3.86. The van der Waals surface area contributed by atoms with Crippen molar-refractivity contribution in [3.63, 3.8) is 0 Å². The molecule has 3 aromatic rings. The Morgan fingerprint density at radius 1 is 0.658 bits per heavy atom. The molecule has 0 bridgehead atoms. The number of rotatable bonds is 8. The molecule has 5 rings (SSSR count). The first-order valence-electron chi connectivity index (χ1n) is 12.4. The van der Waals surface area contributed by atoms with E-state index in [0.717, 1.165) is 33.0 Å². The molecule has 0 spiro atoms. The van der Waals surface area contributed by atoms with Crippen LogP contribution in [0.3, 0.4) is 0 Å². The SMILES string of the molecule is Fc1cccc(CN2CN=C(SCc3ccccc3CSC3=NCN(Cc4cccc(F)c4)CN3)NC2)c1. The zero-order valence-electron chi connectivity index (χ0n) is 20.9. The number of halogens is 2. The third kappa shape index (κ3) is 7.80. The van der Waals surface area contributed by atoms with E-state index in [1.54, 1.807) is 47.8 Å². The van der Waals surface area contributed by atoms with Crippen LogP contribution in [0.2, 0.25) is 0 Å². The highest BCUT2D eigenvalue weighted by Crippen LogP contribution is 2.23. The van der Waals surface area contributed by atoms with Gasteiger partial charge in [-0.2, -0.15) is 0 Å². The quantitative estimate of drug-likeness (QED) is 0.402. The van der Waals surface area contributed by atoms with Crippen LogP contribution in [0.1, 0.15) is 22.3 Å². The first kappa shape index (κ1) is 26.7. The standard InChI is InChI=1S/C28H30F2N6S2/c29-25-9-3-5-21(11-25)13-35-17-31-27(32-18-35)37-15-23-7-1-2-8-24(23)16-38-28-33-19-36(20-34-28)14-22-6-4-10-26(30)12-22/h1-12H,13-20H2,(H,31,32)(H,33,34). The molecule has 0 unspecified atom stereocenters. The minimum Gasteiger partial charge on any atom is -0.352 e. The van der Waals surface area contributed by atoms with Crippen LogP contribution in [0.4, 0.5) is 8.78 Å². The van der Waals surface area contributed by atoms with E-state index in [9.17, 15) is 8.78 Å². The summed E-state index contributed by atoms with van der Waals surface area (Å²) in [5.74, 6) is 1.23. The highest BCUT2D eigenvalue weighted by molar-refractivity contribution is 8.13. The molecule has 2 aliphatic heterocycles. The van der Waals surface area contributed by atoms with Crippen LogP contribution in [0.5, 0.6) is 0 Å². The number of nitrogens with one attached hydrogen (secondary N) is 2. The zero-order chi connectivity index (χ0) is 26.2. The smallest absolute Gasteiger partial charge is 0.159 e. The third-order valence-electron chi connectivity index (χ3n) is 6.17. The number of hydrogen-bond donors (Lipinski definition) is 2. The molecule has 0 atom stereocenters. The molecular formula is C28H30F2N6S2. The van der Waals surface area contributed by atoms with E-state index in [1.165, 1.54) is 23.3 Å². The molecule has 10 heteroatoms. The van der Waals surface area contributed by atoms with Crippen molar-refractivity contribution >= 4 is 33.9 Å². The normalized spacial score (nSPS) is 16.4. The van der Waals surface area contributed by atoms with E-state index < -0.39 is 0 Å². The van der Waals surface area contributed by atoms with Gasteiger partial charge >= 0.3 is 0 Å². The maximum atomic E-state index is 13.4. The number of amidine groups is 2. The predicted octanol–water partition coefficient (Wildman–Crippen LogP) is 5.18. The third-order valence-corrected chi connectivity index (χ3v) is 8.18. The maximum Gasteiger partial charge on any atom is 0.159 e. The van der Waals surface area contributed by atoms with Gasteiger partial charge in [-0.3, -0.25) is 9.80 Å². The van der Waals surface area contributed by atoms with Crippen LogP contribution in [-0.2, 0) is 24.6 Å². The summed E-state index contributed by atoms with van der Waals surface area (Å²) in [7, 11) is 0. The lowest BCUT2D eigenvalue weighted by molar-refractivity contribution is 0.258. The van der Waals surface area contributed by atoms with Gasteiger partial charge in [-0.05, 0) is 46.5 Å². The van der Waals surface area contributed by atoms with Gasteiger partial charge < -0.3 is 10.6 Å². The fourth-order valence-electron chi connectivity index (χ4n) is 4.22. The summed E-state index contributed by atoms with van der Waals surface area (Å²) in [5.41, 5.74) is 4.45. The molecule has 0 radical (unpaired) electrons. The molecule has 0 saturated heterocycles. The summed E-state index contributed by atoms with van der Waals surface area (Å²) in [4.78, 5) is 13.6. The molecule has 0 saturated carbocycles. The second-order valence-electron chi connectivity index (χ2n) is 9.14. The van der Waals surface area contributed by atoms with Crippen molar-refractivity contribution in [3.05, 3.63) is 107 Å². The van der Waals surface area contributed by atoms with E-state index >= 15 is 0 Å². The van der Waals surface area contributed by atoms with Crippen molar-refractivity contribution in [2.24, 2.45) is 9.98 Å². The van der Waals surface area contributed by atoms with Gasteiger partial charge in [0, 0.05) is 24.6 Å². The van der Waals surface area contributed by atoms with Crippen LogP contribution in [-0.4, -0.2) is 46.8 Å². The molecule has 0 fully saturated rings. The topological polar surface area (TPSA) is 55.3 Å². The lowest BCUT2D eigenvalue weighted by Crippen LogP contribution is -2.41. The fourth-order valence-corrected chi connectivity index (χ4v) is 6.00. The summed E-state index contributed by atoms with van der Waals surface area (Å²) in [6.07, 6.45) is 0. The van der Waals surface area contributed by atoms with E-state index in [4.69, 9.17) is 0 Å². The predicted molar refractivity (Wildman–Crippen MR) is 154 cm³/mol. The number of benzene rings is 3. The Balaban J connectivity index is 1.08. The van der Waals surface area contributed by atoms with Gasteiger partial charge in [-0.1, -0.05) is 72.1 Å². The van der Waals surface area contributed by atoms with Gasteiger partial charge in [0.2, 0.25) is 0 Å². The van der Waals surface area contributed by atoms with E-state index in [0.29, 0.717) is 39.8 Å². The highest BCUT2D eigenvalue weighted by atomic mass is 32.2. The minimum atomic E-state index is -0.210. The van der Waals surface area contributed by atoms with Crippen molar-refractivity contribution in [1.82, 2.24) is 20.4 Å². The Labute approximate surface area is 230 Å². The first-order chi connectivity index (χ1) is 18.6. The molecule has 38 heavy (non-hydrogen) atoms. The summed E-state index contributed by atoms with van der Waals surface area (Å²) in [5, 5.41) is 8.64. The van der Waals surface area contributed by atoms with Gasteiger partial charge in [0.1, 0.15) is 11.6 Å². The lowest BCUT2D eigenvalue weighted by atomic mass is 10.1. The van der Waals surface area contributed by atoms with Crippen molar-refractivity contribution in [3.8, 4) is 0 Å². The van der Waals surface area contributed by atoms with Gasteiger partial charge in [-0.15, -0.1) is 0 Å². The molecular weight excluding hydrogens is 522 g/mol. The molecule has 2 aliphatic rings. The largest absolute Gasteiger partial charge is 0.352 e. The summed E-state index contributed by atoms with van der Waals surface area (Å²) < 4.78 is 26.9. The Bertz CT molecular complexity index is 1200. The molecule has 0 aromatic heterocycles. The average molecular weight is 553 g/mol. The summed E-state index contributed by atoms with van der Waals surface area (Å²) in [6, 6.07) is 21.9. The lowest BCUT2D eigenvalue weighted by Gasteiger charge is -2.27. The van der Waals surface area contributed by atoms with Gasteiger partial charge in [0.25, 0.3) is 0 Å². The Morgan fingerprint density at radius 3 is 1.53 bits per heavy atom. The van der Waals surface area contributed by atoms with E-state index in [2.05, 4.69) is 54.7 Å². The van der Waals surface area contributed by atoms with Gasteiger partial charge in [-0.25, -0.2) is 18.8 Å². The molecule has 0 amide bonds. The number of aliphatic imine (C=N–C) groups is 2. The van der Waals surface area contributed by atoms with Crippen LogP contribution in [0, 0.1) is 11.6 Å². The monoisotopic (exact) mass is 552 g/mol. The van der Waals surface area contributed by atoms with Crippen molar-refractivity contribution < 1.29 is 8.78 Å². The number of nitrogens with zero attached hydrogens (tertiary/aromatic N) is 4. The van der Waals surface area contributed by atoms with Crippen molar-refractivity contribution in [2.75, 3.05) is 26.7 Å².